The Morgan fingerprint density at radius 1 is 1.30 bits per heavy atom. The summed E-state index contributed by atoms with van der Waals surface area (Å²) in [5.41, 5.74) is 2.04. The van der Waals surface area contributed by atoms with Crippen LogP contribution in [-0.2, 0) is 4.74 Å². The first-order valence-electron chi connectivity index (χ1n) is 8.97. The van der Waals surface area contributed by atoms with E-state index in [1.54, 1.807) is 6.07 Å². The molecule has 3 heterocycles. The van der Waals surface area contributed by atoms with Gasteiger partial charge in [-0.15, -0.1) is 0 Å². The molecule has 0 radical (unpaired) electrons. The number of morpholine rings is 1. The fourth-order valence-corrected chi connectivity index (χ4v) is 2.72. The van der Waals surface area contributed by atoms with Gasteiger partial charge in [0, 0.05) is 25.7 Å². The van der Waals surface area contributed by atoms with Gasteiger partial charge in [-0.2, -0.15) is 10.1 Å². The SMILES string of the molecule is CNCCOc1cc(C(=NN)c2cc(C)c(C)o2)nc(N2CCOCC2)n1. The van der Waals surface area contributed by atoms with Gasteiger partial charge in [0.1, 0.15) is 18.1 Å². The second-order valence-electron chi connectivity index (χ2n) is 6.27. The van der Waals surface area contributed by atoms with Crippen LogP contribution < -0.4 is 20.8 Å². The van der Waals surface area contributed by atoms with Gasteiger partial charge in [0.15, 0.2) is 11.5 Å². The summed E-state index contributed by atoms with van der Waals surface area (Å²) in [6.45, 7) is 7.78. The molecule has 1 fully saturated rings. The van der Waals surface area contributed by atoms with E-state index in [4.69, 9.17) is 19.7 Å². The molecule has 1 saturated heterocycles. The summed E-state index contributed by atoms with van der Waals surface area (Å²) in [4.78, 5) is 11.3. The van der Waals surface area contributed by atoms with Crippen molar-refractivity contribution in [2.45, 2.75) is 13.8 Å². The largest absolute Gasteiger partial charge is 0.476 e. The molecule has 2 aromatic heterocycles. The smallest absolute Gasteiger partial charge is 0.229 e. The number of hydrazone groups is 1. The number of hydrogen-bond acceptors (Lipinski definition) is 9. The van der Waals surface area contributed by atoms with Gasteiger partial charge in [-0.1, -0.05) is 0 Å². The molecule has 0 bridgehead atoms. The number of anilines is 1. The molecule has 27 heavy (non-hydrogen) atoms. The third kappa shape index (κ3) is 4.55. The summed E-state index contributed by atoms with van der Waals surface area (Å²) in [5, 5.41) is 6.97. The van der Waals surface area contributed by atoms with Gasteiger partial charge >= 0.3 is 0 Å². The Hall–Kier alpha value is -2.65. The number of nitrogens with one attached hydrogen (secondary N) is 1. The molecular formula is C18H26N6O3. The molecule has 0 aliphatic carbocycles. The third-order valence-electron chi connectivity index (χ3n) is 4.36. The summed E-state index contributed by atoms with van der Waals surface area (Å²) in [7, 11) is 1.87. The molecule has 9 heteroatoms. The van der Waals surface area contributed by atoms with Crippen molar-refractivity contribution in [3.05, 3.63) is 34.9 Å². The fraction of sp³-hybridized carbons (Fsp3) is 0.500. The summed E-state index contributed by atoms with van der Waals surface area (Å²) in [6, 6.07) is 3.64. The average Bonchev–Trinajstić information content (AvgIpc) is 3.01. The van der Waals surface area contributed by atoms with Crippen molar-refractivity contribution < 1.29 is 13.9 Å². The van der Waals surface area contributed by atoms with Crippen LogP contribution in [0.15, 0.2) is 21.7 Å². The van der Waals surface area contributed by atoms with Gasteiger partial charge in [-0.05, 0) is 32.5 Å². The molecule has 3 rings (SSSR count). The number of hydrogen-bond donors (Lipinski definition) is 2. The minimum atomic E-state index is 0.460. The Balaban J connectivity index is 1.97. The Kier molecular flexibility index (Phi) is 6.25. The molecule has 1 aliphatic rings. The summed E-state index contributed by atoms with van der Waals surface area (Å²) >= 11 is 0. The Labute approximate surface area is 158 Å². The minimum Gasteiger partial charge on any atom is -0.476 e. The third-order valence-corrected chi connectivity index (χ3v) is 4.36. The van der Waals surface area contributed by atoms with E-state index < -0.39 is 0 Å². The van der Waals surface area contributed by atoms with Crippen molar-refractivity contribution in [3.8, 4) is 5.88 Å². The van der Waals surface area contributed by atoms with Crippen LogP contribution in [0.1, 0.15) is 22.8 Å². The van der Waals surface area contributed by atoms with E-state index in [0.717, 1.165) is 11.3 Å². The van der Waals surface area contributed by atoms with E-state index in [2.05, 4.69) is 25.3 Å². The number of furan rings is 1. The molecule has 2 aromatic rings. The van der Waals surface area contributed by atoms with E-state index in [1.165, 1.54) is 0 Å². The lowest BCUT2D eigenvalue weighted by Gasteiger charge is -2.27. The van der Waals surface area contributed by atoms with Gasteiger partial charge < -0.3 is 30.0 Å². The van der Waals surface area contributed by atoms with Crippen LogP contribution in [0.4, 0.5) is 5.95 Å². The van der Waals surface area contributed by atoms with Crippen molar-refractivity contribution in [1.82, 2.24) is 15.3 Å². The highest BCUT2D eigenvalue weighted by Crippen LogP contribution is 2.22. The number of aromatic nitrogens is 2. The summed E-state index contributed by atoms with van der Waals surface area (Å²) < 4.78 is 17.0. The Bertz CT molecular complexity index is 779. The molecule has 0 spiro atoms. The zero-order valence-corrected chi connectivity index (χ0v) is 16.0. The maximum absolute atomic E-state index is 5.79. The van der Waals surface area contributed by atoms with Crippen LogP contribution in [0.3, 0.4) is 0 Å². The number of nitrogens with two attached hydrogens (primary N) is 1. The lowest BCUT2D eigenvalue weighted by Crippen LogP contribution is -2.37. The molecule has 3 N–H and O–H groups in total. The molecular weight excluding hydrogens is 348 g/mol. The maximum atomic E-state index is 5.79. The fourth-order valence-electron chi connectivity index (χ4n) is 2.72. The second-order valence-corrected chi connectivity index (χ2v) is 6.27. The highest BCUT2D eigenvalue weighted by atomic mass is 16.5. The maximum Gasteiger partial charge on any atom is 0.229 e. The van der Waals surface area contributed by atoms with Crippen molar-refractivity contribution in [2.75, 3.05) is 51.4 Å². The van der Waals surface area contributed by atoms with Gasteiger partial charge in [0.05, 0.1) is 13.2 Å². The van der Waals surface area contributed by atoms with Gasteiger partial charge in [-0.3, -0.25) is 0 Å². The van der Waals surface area contributed by atoms with E-state index in [-0.39, 0.29) is 0 Å². The highest BCUT2D eigenvalue weighted by molar-refractivity contribution is 6.10. The van der Waals surface area contributed by atoms with Crippen molar-refractivity contribution >= 4 is 11.7 Å². The highest BCUT2D eigenvalue weighted by Gasteiger charge is 2.21. The minimum absolute atomic E-state index is 0.460. The predicted octanol–water partition coefficient (Wildman–Crippen LogP) is 0.832. The van der Waals surface area contributed by atoms with Gasteiger partial charge in [0.25, 0.3) is 0 Å². The first kappa shape index (κ1) is 19.1. The van der Waals surface area contributed by atoms with Crippen LogP contribution in [0, 0.1) is 13.8 Å². The van der Waals surface area contributed by atoms with E-state index >= 15 is 0 Å². The van der Waals surface area contributed by atoms with Crippen LogP contribution in [-0.4, -0.2) is 62.2 Å². The number of rotatable bonds is 7. The summed E-state index contributed by atoms with van der Waals surface area (Å²) in [6.07, 6.45) is 0. The first-order valence-corrected chi connectivity index (χ1v) is 8.97. The lowest BCUT2D eigenvalue weighted by molar-refractivity contribution is 0.122. The first-order chi connectivity index (χ1) is 13.1. The normalized spacial score (nSPS) is 15.2. The molecule has 0 atom stereocenters. The zero-order chi connectivity index (χ0) is 19.2. The number of nitrogens with zero attached hydrogens (tertiary/aromatic N) is 4. The topological polar surface area (TPSA) is 111 Å². The standard InChI is InChI=1S/C18H26N6O3/c1-12-10-15(27-13(12)2)17(23-19)14-11-16(26-7-4-20-3)22-18(21-14)24-5-8-25-9-6-24/h10-11,20H,4-9,19H2,1-3H3. The molecule has 0 amide bonds. The molecule has 0 unspecified atom stereocenters. The van der Waals surface area contributed by atoms with Crippen molar-refractivity contribution in [2.24, 2.45) is 10.9 Å². The van der Waals surface area contributed by atoms with Crippen LogP contribution >= 0.6 is 0 Å². The second kappa shape index (κ2) is 8.83. The van der Waals surface area contributed by atoms with Gasteiger partial charge in [-0.25, -0.2) is 4.98 Å². The van der Waals surface area contributed by atoms with Crippen molar-refractivity contribution in [3.63, 3.8) is 0 Å². The number of ether oxygens (including phenoxy) is 2. The van der Waals surface area contributed by atoms with E-state index in [0.29, 0.717) is 68.4 Å². The van der Waals surface area contributed by atoms with Crippen LogP contribution in [0.2, 0.25) is 0 Å². The van der Waals surface area contributed by atoms with Crippen LogP contribution in [0.5, 0.6) is 5.88 Å². The number of likely N-dealkylation sites (N-methyl/N-ethyl adjacent to an activating group) is 1. The molecule has 9 nitrogen and oxygen atoms in total. The van der Waals surface area contributed by atoms with E-state index in [9.17, 15) is 0 Å². The Morgan fingerprint density at radius 3 is 2.70 bits per heavy atom. The quantitative estimate of drug-likeness (QED) is 0.317. The molecule has 1 aliphatic heterocycles. The van der Waals surface area contributed by atoms with E-state index in [1.807, 2.05) is 27.0 Å². The average molecular weight is 374 g/mol. The van der Waals surface area contributed by atoms with Crippen LogP contribution in [0.25, 0.3) is 0 Å². The lowest BCUT2D eigenvalue weighted by atomic mass is 10.2. The molecule has 146 valence electrons. The summed E-state index contributed by atoms with van der Waals surface area (Å²) in [5.74, 6) is 8.10. The van der Waals surface area contributed by atoms with Gasteiger partial charge in [0.2, 0.25) is 11.8 Å². The predicted molar refractivity (Wildman–Crippen MR) is 102 cm³/mol. The van der Waals surface area contributed by atoms with Crippen molar-refractivity contribution in [1.29, 1.82) is 0 Å². The zero-order valence-electron chi connectivity index (χ0n) is 16.0. The monoisotopic (exact) mass is 374 g/mol. The Morgan fingerprint density at radius 2 is 2.07 bits per heavy atom. The molecule has 0 aromatic carbocycles. The number of aryl methyl sites for hydroxylation is 2. The molecule has 0 saturated carbocycles.